The van der Waals surface area contributed by atoms with E-state index in [9.17, 15) is 4.79 Å². The van der Waals surface area contributed by atoms with Crippen molar-refractivity contribution >= 4 is 17.2 Å². The lowest BCUT2D eigenvalue weighted by molar-refractivity contribution is 0.0968. The molecule has 1 aliphatic rings. The Morgan fingerprint density at radius 1 is 1.35 bits per heavy atom. The highest BCUT2D eigenvalue weighted by molar-refractivity contribution is 7.10. The van der Waals surface area contributed by atoms with E-state index >= 15 is 0 Å². The van der Waals surface area contributed by atoms with Crippen LogP contribution in [0, 0.1) is 0 Å². The quantitative estimate of drug-likeness (QED) is 0.912. The van der Waals surface area contributed by atoms with Gasteiger partial charge in [0.25, 0.3) is 0 Å². The lowest BCUT2D eigenvalue weighted by Gasteiger charge is -2.37. The highest BCUT2D eigenvalue weighted by atomic mass is 32.1. The van der Waals surface area contributed by atoms with Crippen molar-refractivity contribution in [1.29, 1.82) is 0 Å². The van der Waals surface area contributed by atoms with Gasteiger partial charge in [-0.3, -0.25) is 19.6 Å². The van der Waals surface area contributed by atoms with Crippen LogP contribution in [0.2, 0.25) is 0 Å². The second-order valence-corrected chi connectivity index (χ2v) is 6.90. The Balaban J connectivity index is 1.53. The summed E-state index contributed by atoms with van der Waals surface area (Å²) in [5.41, 5.74) is 7.06. The normalized spacial score (nSPS) is 18.0. The zero-order valence-corrected chi connectivity index (χ0v) is 14.1. The predicted molar refractivity (Wildman–Crippen MR) is 92.3 cm³/mol. The van der Waals surface area contributed by atoms with Crippen molar-refractivity contribution < 1.29 is 4.79 Å². The zero-order chi connectivity index (χ0) is 16.2. The van der Waals surface area contributed by atoms with Gasteiger partial charge in [0.15, 0.2) is 0 Å². The number of nitrogens with two attached hydrogens (primary N) is 1. The van der Waals surface area contributed by atoms with Crippen molar-refractivity contribution in [1.82, 2.24) is 14.8 Å². The number of pyridine rings is 1. The van der Waals surface area contributed by atoms with Crippen LogP contribution in [0.1, 0.15) is 33.9 Å². The Kier molecular flexibility index (Phi) is 5.05. The first-order valence-corrected chi connectivity index (χ1v) is 8.76. The lowest BCUT2D eigenvalue weighted by Crippen LogP contribution is -2.46. The third-order valence-corrected chi connectivity index (χ3v) is 5.31. The first-order valence-electron chi connectivity index (χ1n) is 7.88. The molecule has 23 heavy (non-hydrogen) atoms. The summed E-state index contributed by atoms with van der Waals surface area (Å²) >= 11 is 1.61. The molecule has 0 spiro atoms. The van der Waals surface area contributed by atoms with Crippen LogP contribution in [0.3, 0.4) is 0 Å². The Hall–Kier alpha value is -1.76. The van der Waals surface area contributed by atoms with E-state index in [4.69, 9.17) is 5.73 Å². The van der Waals surface area contributed by atoms with Gasteiger partial charge in [-0.05, 0) is 25.1 Å². The zero-order valence-electron chi connectivity index (χ0n) is 13.3. The molecule has 3 rings (SSSR count). The summed E-state index contributed by atoms with van der Waals surface area (Å²) in [5.74, 6) is -0.346. The van der Waals surface area contributed by atoms with Crippen molar-refractivity contribution in [3.63, 3.8) is 0 Å². The molecular formula is C17H22N4OS. The third-order valence-electron chi connectivity index (χ3n) is 4.39. The van der Waals surface area contributed by atoms with Crippen LogP contribution >= 0.6 is 11.3 Å². The van der Waals surface area contributed by atoms with E-state index in [1.807, 2.05) is 29.8 Å². The number of amides is 1. The number of aromatic nitrogens is 1. The van der Waals surface area contributed by atoms with Crippen molar-refractivity contribution in [2.24, 2.45) is 5.73 Å². The number of nitrogens with zero attached hydrogens (tertiary/aromatic N) is 3. The maximum atomic E-state index is 11.2. The molecule has 0 bridgehead atoms. The molecule has 5 nitrogen and oxygen atoms in total. The summed E-state index contributed by atoms with van der Waals surface area (Å²) in [4.78, 5) is 21.7. The fourth-order valence-corrected chi connectivity index (χ4v) is 3.85. The molecule has 1 saturated heterocycles. The molecule has 6 heteroatoms. The van der Waals surface area contributed by atoms with Gasteiger partial charge in [-0.1, -0.05) is 6.07 Å². The summed E-state index contributed by atoms with van der Waals surface area (Å²) in [6, 6.07) is 8.35. The average molecular weight is 330 g/mol. The molecule has 1 atom stereocenters. The minimum atomic E-state index is -0.346. The van der Waals surface area contributed by atoms with Crippen molar-refractivity contribution in [3.8, 4) is 0 Å². The summed E-state index contributed by atoms with van der Waals surface area (Å²) in [7, 11) is 0. The number of hydrogen-bond donors (Lipinski definition) is 1. The first-order chi connectivity index (χ1) is 11.1. The molecule has 3 heterocycles. The van der Waals surface area contributed by atoms with Crippen molar-refractivity contribution in [2.45, 2.75) is 19.5 Å². The molecular weight excluding hydrogens is 308 g/mol. The van der Waals surface area contributed by atoms with Crippen molar-refractivity contribution in [3.05, 3.63) is 52.0 Å². The molecule has 1 aliphatic heterocycles. The maximum Gasteiger partial charge on any atom is 0.249 e. The Morgan fingerprint density at radius 3 is 2.74 bits per heavy atom. The molecule has 0 radical (unpaired) electrons. The van der Waals surface area contributed by atoms with E-state index in [2.05, 4.69) is 27.8 Å². The number of hydrogen-bond acceptors (Lipinski definition) is 5. The van der Waals surface area contributed by atoms with E-state index in [0.29, 0.717) is 11.6 Å². The molecule has 2 aromatic heterocycles. The molecule has 0 aliphatic carbocycles. The predicted octanol–water partition coefficient (Wildman–Crippen LogP) is 2.12. The molecule has 2 aromatic rings. The van der Waals surface area contributed by atoms with E-state index in [0.717, 1.165) is 38.4 Å². The van der Waals surface area contributed by atoms with Crippen LogP contribution in [0.15, 0.2) is 35.8 Å². The molecule has 122 valence electrons. The van der Waals surface area contributed by atoms with Crippen LogP contribution < -0.4 is 5.73 Å². The Labute approximate surface area is 140 Å². The smallest absolute Gasteiger partial charge is 0.249 e. The van der Waals surface area contributed by atoms with Gasteiger partial charge in [0.1, 0.15) is 0 Å². The van der Waals surface area contributed by atoms with E-state index in [-0.39, 0.29) is 5.91 Å². The highest BCUT2D eigenvalue weighted by Crippen LogP contribution is 2.21. The summed E-state index contributed by atoms with van der Waals surface area (Å²) in [6.07, 6.45) is 1.86. The third kappa shape index (κ3) is 3.96. The Morgan fingerprint density at radius 2 is 2.13 bits per heavy atom. The monoisotopic (exact) mass is 330 g/mol. The van der Waals surface area contributed by atoms with Gasteiger partial charge in [0.2, 0.25) is 5.91 Å². The fraction of sp³-hybridized carbons (Fsp3) is 0.412. The Bertz CT molecular complexity index is 650. The molecule has 1 amide bonds. The second-order valence-electron chi connectivity index (χ2n) is 5.91. The van der Waals surface area contributed by atoms with E-state index in [1.54, 1.807) is 11.3 Å². The van der Waals surface area contributed by atoms with Crippen LogP contribution in [0.5, 0.6) is 0 Å². The number of primary amides is 1. The number of piperazine rings is 1. The highest BCUT2D eigenvalue weighted by Gasteiger charge is 2.23. The first kappa shape index (κ1) is 16.1. The van der Waals surface area contributed by atoms with Crippen LogP contribution in [-0.2, 0) is 6.54 Å². The van der Waals surface area contributed by atoms with Gasteiger partial charge in [-0.25, -0.2) is 0 Å². The van der Waals surface area contributed by atoms with E-state index in [1.165, 1.54) is 4.88 Å². The summed E-state index contributed by atoms with van der Waals surface area (Å²) in [6.45, 7) is 7.24. The fourth-order valence-electron chi connectivity index (χ4n) is 2.93. The van der Waals surface area contributed by atoms with Gasteiger partial charge in [0.05, 0.1) is 11.3 Å². The maximum absolute atomic E-state index is 11.2. The van der Waals surface area contributed by atoms with Gasteiger partial charge in [-0.2, -0.15) is 0 Å². The minimum absolute atomic E-state index is 0.346. The second kappa shape index (κ2) is 7.21. The minimum Gasteiger partial charge on any atom is -0.366 e. The van der Waals surface area contributed by atoms with E-state index < -0.39 is 0 Å². The number of rotatable bonds is 5. The van der Waals surface area contributed by atoms with Crippen LogP contribution in [-0.4, -0.2) is 46.9 Å². The average Bonchev–Trinajstić information content (AvgIpc) is 3.04. The molecule has 0 saturated carbocycles. The molecule has 0 unspecified atom stereocenters. The van der Waals surface area contributed by atoms with Crippen LogP contribution in [0.25, 0.3) is 0 Å². The van der Waals surface area contributed by atoms with Gasteiger partial charge >= 0.3 is 0 Å². The SMILES string of the molecule is C[C@@H](c1ccccn1)N1CCN(Cc2cc(C(N)=O)cs2)CC1. The molecule has 0 aromatic carbocycles. The molecule has 2 N–H and O–H groups in total. The lowest BCUT2D eigenvalue weighted by atomic mass is 10.1. The largest absolute Gasteiger partial charge is 0.366 e. The number of carbonyl (C=O) groups is 1. The standard InChI is InChI=1S/C17H22N4OS/c1-13(16-4-2-3-5-19-16)21-8-6-20(7-9-21)11-15-10-14(12-23-15)17(18)22/h2-5,10,12-13H,6-9,11H2,1H3,(H2,18,22)/t13-/m0/s1. The van der Waals surface area contributed by atoms with Crippen LogP contribution in [0.4, 0.5) is 0 Å². The number of thiophene rings is 1. The summed E-state index contributed by atoms with van der Waals surface area (Å²) < 4.78 is 0. The van der Waals surface area contributed by atoms with Gasteiger partial charge in [-0.15, -0.1) is 11.3 Å². The topological polar surface area (TPSA) is 62.5 Å². The van der Waals surface area contributed by atoms with Gasteiger partial charge < -0.3 is 5.73 Å². The van der Waals surface area contributed by atoms with Crippen molar-refractivity contribution in [2.75, 3.05) is 26.2 Å². The summed E-state index contributed by atoms with van der Waals surface area (Å²) in [5, 5.41) is 1.84. The molecule has 1 fully saturated rings. The van der Waals surface area contributed by atoms with Gasteiger partial charge in [0, 0.05) is 55.2 Å². The number of carbonyl (C=O) groups excluding carboxylic acids is 1.